The summed E-state index contributed by atoms with van der Waals surface area (Å²) < 4.78 is 0. The highest BCUT2D eigenvalue weighted by atomic mass is 35.5. The Bertz CT molecular complexity index is 395. The molecule has 0 spiro atoms. The number of rotatable bonds is 5. The number of pyridine rings is 1. The highest BCUT2D eigenvalue weighted by Gasteiger charge is 2.24. The van der Waals surface area contributed by atoms with Crippen molar-refractivity contribution in [2.75, 3.05) is 25.0 Å². The molecule has 2 unspecified atom stereocenters. The van der Waals surface area contributed by atoms with E-state index in [1.165, 1.54) is 38.9 Å². The van der Waals surface area contributed by atoms with Crippen LogP contribution >= 0.6 is 11.6 Å². The topological polar surface area (TPSA) is 28.2 Å². The van der Waals surface area contributed by atoms with Crippen LogP contribution < -0.4 is 5.32 Å². The van der Waals surface area contributed by atoms with E-state index < -0.39 is 0 Å². The Labute approximate surface area is 121 Å². The lowest BCUT2D eigenvalue weighted by atomic mass is 9.91. The van der Waals surface area contributed by atoms with Gasteiger partial charge in [-0.2, -0.15) is 0 Å². The normalized spacial score (nSPS) is 22.2. The molecule has 1 aromatic rings. The number of nitrogens with one attached hydrogen (secondary N) is 1. The molecule has 0 radical (unpaired) electrons. The van der Waals surface area contributed by atoms with E-state index in [1.807, 2.05) is 12.1 Å². The maximum atomic E-state index is 5.92. The molecule has 4 heteroatoms. The van der Waals surface area contributed by atoms with E-state index >= 15 is 0 Å². The zero-order valence-corrected chi connectivity index (χ0v) is 12.7. The minimum absolute atomic E-state index is 0.436. The van der Waals surface area contributed by atoms with Crippen molar-refractivity contribution in [3.63, 3.8) is 0 Å². The van der Waals surface area contributed by atoms with E-state index in [4.69, 9.17) is 11.6 Å². The van der Waals surface area contributed by atoms with E-state index in [2.05, 4.69) is 29.0 Å². The number of likely N-dealkylation sites (tertiary alicyclic amines) is 1. The lowest BCUT2D eigenvalue weighted by Gasteiger charge is -2.36. The van der Waals surface area contributed by atoms with Gasteiger partial charge in [0.15, 0.2) is 0 Å². The molecule has 1 aromatic heterocycles. The van der Waals surface area contributed by atoms with E-state index in [0.29, 0.717) is 17.1 Å². The van der Waals surface area contributed by atoms with Crippen LogP contribution in [0.15, 0.2) is 18.2 Å². The van der Waals surface area contributed by atoms with Crippen LogP contribution in [0.1, 0.15) is 33.1 Å². The quantitative estimate of drug-likeness (QED) is 0.835. The van der Waals surface area contributed by atoms with E-state index in [0.717, 1.165) is 5.82 Å². The number of aromatic nitrogens is 1. The molecule has 0 bridgehead atoms. The summed E-state index contributed by atoms with van der Waals surface area (Å²) >= 11 is 5.92. The van der Waals surface area contributed by atoms with E-state index in [-0.39, 0.29) is 0 Å². The van der Waals surface area contributed by atoms with Crippen molar-refractivity contribution in [1.82, 2.24) is 9.88 Å². The average molecular weight is 282 g/mol. The zero-order valence-electron chi connectivity index (χ0n) is 11.9. The van der Waals surface area contributed by atoms with Gasteiger partial charge in [-0.25, -0.2) is 4.98 Å². The van der Waals surface area contributed by atoms with Crippen LogP contribution in [-0.2, 0) is 0 Å². The van der Waals surface area contributed by atoms with Gasteiger partial charge in [-0.1, -0.05) is 24.6 Å². The number of piperidine rings is 1. The molecule has 1 aliphatic rings. The van der Waals surface area contributed by atoms with Crippen molar-refractivity contribution >= 4 is 17.4 Å². The largest absolute Gasteiger partial charge is 0.367 e. The Hall–Kier alpha value is -0.800. The van der Waals surface area contributed by atoms with Crippen molar-refractivity contribution in [2.24, 2.45) is 5.92 Å². The van der Waals surface area contributed by atoms with Gasteiger partial charge in [-0.15, -0.1) is 0 Å². The molecule has 3 nitrogen and oxygen atoms in total. The van der Waals surface area contributed by atoms with Gasteiger partial charge < -0.3 is 10.2 Å². The molecule has 19 heavy (non-hydrogen) atoms. The molecule has 2 heterocycles. The number of nitrogens with zero attached hydrogens (tertiary/aromatic N) is 2. The second-order valence-corrected chi connectivity index (χ2v) is 5.87. The van der Waals surface area contributed by atoms with Crippen LogP contribution in [0, 0.1) is 5.92 Å². The molecule has 1 aliphatic heterocycles. The predicted molar refractivity (Wildman–Crippen MR) is 81.8 cm³/mol. The number of halogens is 1. The summed E-state index contributed by atoms with van der Waals surface area (Å²) in [6.45, 7) is 8.18. The highest BCUT2D eigenvalue weighted by molar-refractivity contribution is 6.29. The summed E-state index contributed by atoms with van der Waals surface area (Å²) in [7, 11) is 0. The fourth-order valence-electron chi connectivity index (χ4n) is 2.86. The fourth-order valence-corrected chi connectivity index (χ4v) is 3.02. The summed E-state index contributed by atoms with van der Waals surface area (Å²) in [5, 5.41) is 4.04. The van der Waals surface area contributed by atoms with Gasteiger partial charge in [0.2, 0.25) is 0 Å². The Kier molecular flexibility index (Phi) is 5.46. The summed E-state index contributed by atoms with van der Waals surface area (Å²) in [5.74, 6) is 1.58. The molecular weight excluding hydrogens is 258 g/mol. The molecule has 1 N–H and O–H groups in total. The minimum atomic E-state index is 0.436. The van der Waals surface area contributed by atoms with Crippen molar-refractivity contribution in [1.29, 1.82) is 0 Å². The Morgan fingerprint density at radius 1 is 1.53 bits per heavy atom. The first kappa shape index (κ1) is 14.6. The Balaban J connectivity index is 1.90. The van der Waals surface area contributed by atoms with Crippen LogP contribution in [0.3, 0.4) is 0 Å². The van der Waals surface area contributed by atoms with E-state index in [1.54, 1.807) is 6.07 Å². The van der Waals surface area contributed by atoms with E-state index in [9.17, 15) is 0 Å². The van der Waals surface area contributed by atoms with Crippen LogP contribution in [-0.4, -0.2) is 35.6 Å². The van der Waals surface area contributed by atoms with Gasteiger partial charge in [0, 0.05) is 12.6 Å². The first-order valence-electron chi connectivity index (χ1n) is 7.30. The summed E-state index contributed by atoms with van der Waals surface area (Å²) in [4.78, 5) is 6.89. The lowest BCUT2D eigenvalue weighted by Crippen LogP contribution is -2.42. The van der Waals surface area contributed by atoms with Crippen molar-refractivity contribution in [2.45, 2.75) is 39.2 Å². The summed E-state index contributed by atoms with van der Waals surface area (Å²) in [6.07, 6.45) is 3.85. The lowest BCUT2D eigenvalue weighted by molar-refractivity contribution is 0.165. The standard InChI is InChI=1S/C15H24ClN3/c1-3-9-19-10-5-6-13(11-19)12(2)17-15-8-4-7-14(16)18-15/h4,7-8,12-13H,3,5-6,9-11H2,1-2H3,(H,17,18). The number of hydrogen-bond donors (Lipinski definition) is 1. The monoisotopic (exact) mass is 281 g/mol. The smallest absolute Gasteiger partial charge is 0.131 e. The predicted octanol–water partition coefficient (Wildman–Crippen LogP) is 3.66. The Morgan fingerprint density at radius 3 is 3.11 bits per heavy atom. The SMILES string of the molecule is CCCN1CCCC(C(C)Nc2cccc(Cl)n2)C1. The molecular formula is C15H24ClN3. The van der Waals surface area contributed by atoms with Gasteiger partial charge >= 0.3 is 0 Å². The van der Waals surface area contributed by atoms with Gasteiger partial charge in [-0.3, -0.25) is 0 Å². The maximum Gasteiger partial charge on any atom is 0.131 e. The maximum absolute atomic E-state index is 5.92. The molecule has 2 rings (SSSR count). The first-order valence-corrected chi connectivity index (χ1v) is 7.68. The molecule has 1 saturated heterocycles. The van der Waals surface area contributed by atoms with Crippen LogP contribution in [0.5, 0.6) is 0 Å². The number of hydrogen-bond acceptors (Lipinski definition) is 3. The first-order chi connectivity index (χ1) is 9.19. The van der Waals surface area contributed by atoms with Crippen molar-refractivity contribution in [3.8, 4) is 0 Å². The Morgan fingerprint density at radius 2 is 2.37 bits per heavy atom. The molecule has 2 atom stereocenters. The highest BCUT2D eigenvalue weighted by Crippen LogP contribution is 2.22. The number of anilines is 1. The van der Waals surface area contributed by atoms with Gasteiger partial charge in [-0.05, 0) is 57.3 Å². The second kappa shape index (κ2) is 7.11. The third-order valence-corrected chi connectivity index (χ3v) is 4.09. The van der Waals surface area contributed by atoms with Crippen molar-refractivity contribution < 1.29 is 0 Å². The molecule has 1 fully saturated rings. The molecule has 0 aliphatic carbocycles. The molecule has 0 saturated carbocycles. The van der Waals surface area contributed by atoms with Gasteiger partial charge in [0.1, 0.15) is 11.0 Å². The van der Waals surface area contributed by atoms with Crippen LogP contribution in [0.4, 0.5) is 5.82 Å². The van der Waals surface area contributed by atoms with Gasteiger partial charge in [0.25, 0.3) is 0 Å². The van der Waals surface area contributed by atoms with Crippen LogP contribution in [0.25, 0.3) is 0 Å². The molecule has 0 aromatic carbocycles. The van der Waals surface area contributed by atoms with Gasteiger partial charge in [0.05, 0.1) is 0 Å². The molecule has 106 valence electrons. The third-order valence-electron chi connectivity index (χ3n) is 3.88. The average Bonchev–Trinajstić information content (AvgIpc) is 2.39. The minimum Gasteiger partial charge on any atom is -0.367 e. The zero-order chi connectivity index (χ0) is 13.7. The second-order valence-electron chi connectivity index (χ2n) is 5.48. The summed E-state index contributed by atoms with van der Waals surface area (Å²) in [6, 6.07) is 6.16. The summed E-state index contributed by atoms with van der Waals surface area (Å²) in [5.41, 5.74) is 0. The third kappa shape index (κ3) is 4.36. The van der Waals surface area contributed by atoms with Crippen LogP contribution in [0.2, 0.25) is 5.15 Å². The fraction of sp³-hybridized carbons (Fsp3) is 0.667. The van der Waals surface area contributed by atoms with Crippen molar-refractivity contribution in [3.05, 3.63) is 23.4 Å². The molecule has 0 amide bonds.